The van der Waals surface area contributed by atoms with Gasteiger partial charge in [-0.15, -0.1) is 0 Å². The van der Waals surface area contributed by atoms with Crippen LogP contribution in [0.25, 0.3) is 0 Å². The molecule has 1 aliphatic carbocycles. The molecule has 1 rings (SSSR count). The third-order valence-corrected chi connectivity index (χ3v) is 5.00. The van der Waals surface area contributed by atoms with Crippen LogP contribution in [0.4, 0.5) is 0 Å². The topological polar surface area (TPSA) is 78.6 Å². The molecule has 0 aromatic heterocycles. The Morgan fingerprint density at radius 3 is 2.07 bits per heavy atom. The number of hydrogen-bond acceptors (Lipinski definition) is 6. The molecule has 28 heavy (non-hydrogen) atoms. The Bertz CT molecular complexity index is 554. The number of hydrogen-bond donors (Lipinski definition) is 2. The molecule has 0 heterocycles. The lowest BCUT2D eigenvalue weighted by Crippen LogP contribution is -2.38. The monoisotopic (exact) mass is 411 g/mol. The Hall–Kier alpha value is -0.685. The molecule has 0 bridgehead atoms. The predicted octanol–water partition coefficient (Wildman–Crippen LogP) is 3.84. The van der Waals surface area contributed by atoms with Crippen LogP contribution in [-0.4, -0.2) is 42.8 Å². The fourth-order valence-electron chi connectivity index (χ4n) is 4.17. The Morgan fingerprint density at radius 1 is 1.11 bits per heavy atom. The Balaban J connectivity index is 2.67. The molecule has 0 spiro atoms. The summed E-state index contributed by atoms with van der Waals surface area (Å²) < 4.78 is 11.1. The quantitative estimate of drug-likeness (QED) is 0.342. The van der Waals surface area contributed by atoms with E-state index in [0.29, 0.717) is 19.3 Å². The van der Waals surface area contributed by atoms with Gasteiger partial charge >= 0.3 is 11.9 Å². The predicted molar refractivity (Wildman–Crippen MR) is 117 cm³/mol. The molecule has 7 heteroatoms. The van der Waals surface area contributed by atoms with Crippen LogP contribution in [0.2, 0.25) is 5.31 Å². The maximum atomic E-state index is 12.7. The van der Waals surface area contributed by atoms with E-state index in [1.165, 1.54) is 0 Å². The van der Waals surface area contributed by atoms with Crippen LogP contribution in [0.5, 0.6) is 0 Å². The Kier molecular flexibility index (Phi) is 8.53. The highest BCUT2D eigenvalue weighted by Crippen LogP contribution is 2.35. The maximum Gasteiger partial charge on any atom is 0.311 e. The number of carbonyl (C=O) groups excluding carboxylic acids is 2. The summed E-state index contributed by atoms with van der Waals surface area (Å²) in [4.78, 5) is 25.1. The normalized spacial score (nSPS) is 24.7. The lowest BCUT2D eigenvalue weighted by atomic mass is 9.67. The summed E-state index contributed by atoms with van der Waals surface area (Å²) >= 11 is 4.52. The minimum atomic E-state index is -0.687. The second-order valence-electron chi connectivity index (χ2n) is 10.6. The number of thiol groups is 1. The van der Waals surface area contributed by atoms with Gasteiger partial charge in [0.25, 0.3) is 0 Å². The highest BCUT2D eigenvalue weighted by Gasteiger charge is 2.42. The van der Waals surface area contributed by atoms with Gasteiger partial charge in [0.1, 0.15) is 12.2 Å². The van der Waals surface area contributed by atoms with E-state index in [4.69, 9.17) is 23.1 Å². The summed E-state index contributed by atoms with van der Waals surface area (Å²) in [7, 11) is 6.02. The van der Waals surface area contributed by atoms with Gasteiger partial charge in [-0.1, -0.05) is 46.4 Å². The van der Waals surface area contributed by atoms with Crippen LogP contribution in [0.15, 0.2) is 0 Å². The van der Waals surface area contributed by atoms with E-state index in [2.05, 4.69) is 12.6 Å². The first-order chi connectivity index (χ1) is 12.5. The molecule has 1 fully saturated rings. The van der Waals surface area contributed by atoms with Crippen LogP contribution in [0.1, 0.15) is 80.6 Å². The number of ether oxygens (including phenoxy) is 2. The molecule has 1 aliphatic rings. The van der Waals surface area contributed by atoms with Crippen molar-refractivity contribution in [2.75, 3.05) is 0 Å². The van der Waals surface area contributed by atoms with Crippen LogP contribution in [0, 0.1) is 11.3 Å². The van der Waals surface area contributed by atoms with Crippen molar-refractivity contribution in [2.45, 2.75) is 109 Å². The van der Waals surface area contributed by atoms with Gasteiger partial charge in [0, 0.05) is 30.1 Å². The van der Waals surface area contributed by atoms with Crippen LogP contribution < -0.4 is 5.73 Å². The maximum absolute atomic E-state index is 12.7. The third kappa shape index (κ3) is 9.21. The number of rotatable bonds is 9. The van der Waals surface area contributed by atoms with Gasteiger partial charge in [-0.25, -0.2) is 0 Å². The smallest absolute Gasteiger partial charge is 0.311 e. The van der Waals surface area contributed by atoms with Crippen LogP contribution in [0.3, 0.4) is 0 Å². The van der Waals surface area contributed by atoms with Gasteiger partial charge in [-0.2, -0.15) is 12.6 Å². The number of esters is 2. The summed E-state index contributed by atoms with van der Waals surface area (Å²) in [6.45, 7) is 13.5. The first-order valence-electron chi connectivity index (χ1n) is 10.2. The van der Waals surface area contributed by atoms with Gasteiger partial charge < -0.3 is 15.2 Å². The molecule has 4 atom stereocenters. The van der Waals surface area contributed by atoms with Gasteiger partial charge in [0.15, 0.2) is 0 Å². The molecule has 1 saturated carbocycles. The summed E-state index contributed by atoms with van der Waals surface area (Å²) in [6.07, 6.45) is 1.57. The first kappa shape index (κ1) is 25.4. The standard InChI is InChI=1S/C21H38BNO4S/c1-13(11-20(4,5)22)8-17(24)26-15-9-14(23)10-16(15)27-18(25)19(2,3)12-21(6,7)28/h13-16,28H,8-12,23H2,1-7H3. The molecule has 0 aromatic carbocycles. The molecule has 0 aliphatic heterocycles. The van der Waals surface area contributed by atoms with Crippen molar-refractivity contribution >= 4 is 32.4 Å². The summed E-state index contributed by atoms with van der Waals surface area (Å²) in [5, 5.41) is -0.334. The molecule has 5 nitrogen and oxygen atoms in total. The second-order valence-corrected chi connectivity index (χ2v) is 11.8. The highest BCUT2D eigenvalue weighted by atomic mass is 32.1. The highest BCUT2D eigenvalue weighted by molar-refractivity contribution is 7.81. The number of carbonyl (C=O) groups is 2. The lowest BCUT2D eigenvalue weighted by Gasteiger charge is -2.31. The van der Waals surface area contributed by atoms with E-state index in [-0.39, 0.29) is 40.4 Å². The van der Waals surface area contributed by atoms with Gasteiger partial charge in [0.2, 0.25) is 0 Å². The largest absolute Gasteiger partial charge is 0.458 e. The van der Waals surface area contributed by atoms with E-state index in [9.17, 15) is 9.59 Å². The fraction of sp³-hybridized carbons (Fsp3) is 0.905. The average molecular weight is 411 g/mol. The zero-order chi connectivity index (χ0) is 21.9. The van der Waals surface area contributed by atoms with Crippen molar-refractivity contribution < 1.29 is 19.1 Å². The van der Waals surface area contributed by atoms with Crippen molar-refractivity contribution in [1.82, 2.24) is 0 Å². The van der Waals surface area contributed by atoms with E-state index < -0.39 is 17.6 Å². The Morgan fingerprint density at radius 2 is 1.61 bits per heavy atom. The SMILES string of the molecule is [B]C(C)(C)CC(C)CC(=O)OC1CC(N)CC1OC(=O)C(C)(C)CC(C)(C)S. The molecule has 160 valence electrons. The van der Waals surface area contributed by atoms with Gasteiger partial charge in [-0.3, -0.25) is 9.59 Å². The van der Waals surface area contributed by atoms with Crippen LogP contribution >= 0.6 is 12.6 Å². The first-order valence-corrected chi connectivity index (χ1v) is 10.6. The van der Waals surface area contributed by atoms with Crippen molar-refractivity contribution in [3.05, 3.63) is 0 Å². The second kappa shape index (κ2) is 9.42. The average Bonchev–Trinajstić information content (AvgIpc) is 2.72. The van der Waals surface area contributed by atoms with Crippen molar-refractivity contribution in [1.29, 1.82) is 0 Å². The molecule has 2 radical (unpaired) electrons. The molecule has 0 saturated heterocycles. The minimum Gasteiger partial charge on any atom is -0.458 e. The lowest BCUT2D eigenvalue weighted by molar-refractivity contribution is -0.172. The van der Waals surface area contributed by atoms with Gasteiger partial charge in [0.05, 0.1) is 13.3 Å². The summed E-state index contributed by atoms with van der Waals surface area (Å²) in [5.74, 6) is -0.499. The van der Waals surface area contributed by atoms with Crippen LogP contribution in [-0.2, 0) is 19.1 Å². The van der Waals surface area contributed by atoms with Gasteiger partial charge in [-0.05, 0) is 26.2 Å². The van der Waals surface area contributed by atoms with E-state index in [0.717, 1.165) is 6.42 Å². The number of nitrogens with two attached hydrogens (primary N) is 1. The molecule has 0 amide bonds. The van der Waals surface area contributed by atoms with Crippen molar-refractivity contribution in [3.63, 3.8) is 0 Å². The minimum absolute atomic E-state index is 0.111. The zero-order valence-electron chi connectivity index (χ0n) is 18.6. The van der Waals surface area contributed by atoms with Crippen molar-refractivity contribution in [3.8, 4) is 0 Å². The zero-order valence-corrected chi connectivity index (χ0v) is 19.5. The molecule has 0 aromatic rings. The molecular weight excluding hydrogens is 373 g/mol. The molecule has 4 unspecified atom stereocenters. The summed E-state index contributed by atoms with van der Waals surface area (Å²) in [6, 6.07) is -0.152. The third-order valence-electron chi connectivity index (χ3n) is 4.84. The van der Waals surface area contributed by atoms with Crippen molar-refractivity contribution in [2.24, 2.45) is 17.1 Å². The molecular formula is C21H38BNO4S. The van der Waals surface area contributed by atoms with E-state index >= 15 is 0 Å². The molecule has 2 N–H and O–H groups in total. The fourth-order valence-corrected chi connectivity index (χ4v) is 4.56. The summed E-state index contributed by atoms with van der Waals surface area (Å²) in [5.41, 5.74) is 5.36. The Labute approximate surface area is 177 Å². The van der Waals surface area contributed by atoms with E-state index in [1.807, 2.05) is 48.5 Å². The van der Waals surface area contributed by atoms with E-state index in [1.54, 1.807) is 0 Å².